The van der Waals surface area contributed by atoms with E-state index in [9.17, 15) is 8.42 Å². The Kier molecular flexibility index (Phi) is 7.18. The van der Waals surface area contributed by atoms with Crippen LogP contribution in [0.3, 0.4) is 0 Å². The molecular weight excluding hydrogens is 506 g/mol. The number of aryl methyl sites for hydroxylation is 1. The molecule has 0 radical (unpaired) electrons. The van der Waals surface area contributed by atoms with Crippen molar-refractivity contribution >= 4 is 27.6 Å². The lowest BCUT2D eigenvalue weighted by molar-refractivity contribution is 0.379. The van der Waals surface area contributed by atoms with E-state index >= 15 is 0 Å². The minimum absolute atomic E-state index is 0.0598. The molecule has 190 valence electrons. The van der Waals surface area contributed by atoms with Gasteiger partial charge >= 0.3 is 0 Å². The van der Waals surface area contributed by atoms with Gasteiger partial charge in [0.15, 0.2) is 11.5 Å². The molecule has 0 aliphatic rings. The molecule has 11 nitrogen and oxygen atoms in total. The highest BCUT2D eigenvalue weighted by molar-refractivity contribution is 7.93. The molecule has 0 saturated carbocycles. The standard InChI is InChI=1S/C23H26ClN7O4S/c1-14(16-6-8-17(24)9-7-16)15(2)36(32,33)29-23-27-26-21(18-11-13-30(3)28-18)31(23)20-19(34-4)10-12-25-22(20)35-5/h6-15H,1-5H3,(H,27,29). The quantitative estimate of drug-likeness (QED) is 0.346. The van der Waals surface area contributed by atoms with Gasteiger partial charge in [-0.05, 0) is 36.6 Å². The normalized spacial score (nSPS) is 13.3. The van der Waals surface area contributed by atoms with Crippen LogP contribution in [0.2, 0.25) is 5.02 Å². The minimum Gasteiger partial charge on any atom is -0.494 e. The van der Waals surface area contributed by atoms with Gasteiger partial charge in [0.05, 0.1) is 19.5 Å². The fourth-order valence-electron chi connectivity index (χ4n) is 3.73. The Hall–Kier alpha value is -3.64. The molecule has 4 aromatic rings. The third kappa shape index (κ3) is 4.86. The number of benzene rings is 1. The second-order valence-corrected chi connectivity index (χ2v) is 10.6. The first-order chi connectivity index (χ1) is 17.2. The van der Waals surface area contributed by atoms with Crippen molar-refractivity contribution in [3.63, 3.8) is 0 Å². The number of ether oxygens (including phenoxy) is 2. The fourth-order valence-corrected chi connectivity index (χ4v) is 5.12. The first-order valence-corrected chi connectivity index (χ1v) is 12.9. The van der Waals surface area contributed by atoms with Gasteiger partial charge in [-0.15, -0.1) is 10.2 Å². The molecule has 3 aromatic heterocycles. The highest BCUT2D eigenvalue weighted by atomic mass is 35.5. The lowest BCUT2D eigenvalue weighted by Crippen LogP contribution is -2.30. The molecule has 2 unspecified atom stereocenters. The number of rotatable bonds is 9. The largest absolute Gasteiger partial charge is 0.494 e. The number of nitrogens with zero attached hydrogens (tertiary/aromatic N) is 6. The maximum atomic E-state index is 13.5. The Balaban J connectivity index is 1.81. The van der Waals surface area contributed by atoms with E-state index in [4.69, 9.17) is 21.1 Å². The van der Waals surface area contributed by atoms with E-state index < -0.39 is 15.3 Å². The molecule has 0 saturated heterocycles. The van der Waals surface area contributed by atoms with E-state index in [-0.39, 0.29) is 23.6 Å². The molecule has 0 bridgehead atoms. The highest BCUT2D eigenvalue weighted by Gasteiger charge is 2.32. The lowest BCUT2D eigenvalue weighted by atomic mass is 9.98. The lowest BCUT2D eigenvalue weighted by Gasteiger charge is -2.22. The van der Waals surface area contributed by atoms with Crippen molar-refractivity contribution in [2.75, 3.05) is 18.9 Å². The van der Waals surface area contributed by atoms with E-state index in [0.29, 0.717) is 22.2 Å². The predicted molar refractivity (Wildman–Crippen MR) is 136 cm³/mol. The van der Waals surface area contributed by atoms with E-state index in [1.54, 1.807) is 49.1 Å². The van der Waals surface area contributed by atoms with Gasteiger partial charge in [-0.3, -0.25) is 14.0 Å². The van der Waals surface area contributed by atoms with Crippen molar-refractivity contribution in [2.24, 2.45) is 7.05 Å². The molecule has 13 heteroatoms. The molecule has 0 aliphatic carbocycles. The third-order valence-corrected chi connectivity index (χ3v) is 8.03. The smallest absolute Gasteiger partial charge is 0.243 e. The zero-order chi connectivity index (χ0) is 26.0. The van der Waals surface area contributed by atoms with Gasteiger partial charge in [-0.1, -0.05) is 30.7 Å². The number of halogens is 1. The molecule has 4 rings (SSSR count). The molecule has 2 atom stereocenters. The van der Waals surface area contributed by atoms with Crippen LogP contribution in [0, 0.1) is 0 Å². The van der Waals surface area contributed by atoms with Gasteiger partial charge in [-0.2, -0.15) is 5.10 Å². The van der Waals surface area contributed by atoms with Crippen LogP contribution in [0.25, 0.3) is 17.2 Å². The van der Waals surface area contributed by atoms with Crippen LogP contribution in [-0.2, 0) is 17.1 Å². The van der Waals surface area contributed by atoms with E-state index in [1.807, 2.05) is 19.1 Å². The number of pyridine rings is 1. The summed E-state index contributed by atoms with van der Waals surface area (Å²) in [4.78, 5) is 4.26. The summed E-state index contributed by atoms with van der Waals surface area (Å²) in [6.07, 6.45) is 3.26. The number of hydrogen-bond donors (Lipinski definition) is 1. The monoisotopic (exact) mass is 531 g/mol. The van der Waals surface area contributed by atoms with Crippen LogP contribution in [0.4, 0.5) is 5.95 Å². The average Bonchev–Trinajstić information content (AvgIpc) is 3.48. The summed E-state index contributed by atoms with van der Waals surface area (Å²) in [7, 11) is 0.768. The van der Waals surface area contributed by atoms with Crippen molar-refractivity contribution in [3.05, 3.63) is 59.4 Å². The Labute approximate surface area is 214 Å². The summed E-state index contributed by atoms with van der Waals surface area (Å²) >= 11 is 5.99. The molecule has 36 heavy (non-hydrogen) atoms. The zero-order valence-corrected chi connectivity index (χ0v) is 21.9. The summed E-state index contributed by atoms with van der Waals surface area (Å²) < 4.78 is 43.7. The third-order valence-electron chi connectivity index (χ3n) is 5.92. The number of aromatic nitrogens is 6. The minimum atomic E-state index is -3.94. The van der Waals surface area contributed by atoms with Gasteiger partial charge in [-0.25, -0.2) is 13.4 Å². The van der Waals surface area contributed by atoms with Gasteiger partial charge in [0.1, 0.15) is 11.4 Å². The maximum Gasteiger partial charge on any atom is 0.243 e. The van der Waals surface area contributed by atoms with Crippen LogP contribution in [0.15, 0.2) is 48.8 Å². The first kappa shape index (κ1) is 25.5. The van der Waals surface area contributed by atoms with Crippen molar-refractivity contribution in [1.82, 2.24) is 29.5 Å². The first-order valence-electron chi connectivity index (χ1n) is 11.0. The Morgan fingerprint density at radius 3 is 2.36 bits per heavy atom. The average molecular weight is 532 g/mol. The van der Waals surface area contributed by atoms with Crippen molar-refractivity contribution in [2.45, 2.75) is 25.0 Å². The summed E-state index contributed by atoms with van der Waals surface area (Å²) in [6, 6.07) is 10.5. The summed E-state index contributed by atoms with van der Waals surface area (Å²) in [6.45, 7) is 3.47. The van der Waals surface area contributed by atoms with Crippen molar-refractivity contribution in [3.8, 4) is 28.8 Å². The maximum absolute atomic E-state index is 13.5. The molecule has 1 aromatic carbocycles. The predicted octanol–water partition coefficient (Wildman–Crippen LogP) is 3.67. The van der Waals surface area contributed by atoms with Crippen LogP contribution in [0.5, 0.6) is 11.6 Å². The molecule has 0 amide bonds. The van der Waals surface area contributed by atoms with Gasteiger partial charge < -0.3 is 9.47 Å². The number of methoxy groups -OCH3 is 2. The number of anilines is 1. The van der Waals surface area contributed by atoms with E-state index in [1.165, 1.54) is 25.0 Å². The van der Waals surface area contributed by atoms with Crippen molar-refractivity contribution < 1.29 is 17.9 Å². The van der Waals surface area contributed by atoms with Crippen LogP contribution in [0.1, 0.15) is 25.3 Å². The Morgan fingerprint density at radius 2 is 1.75 bits per heavy atom. The summed E-state index contributed by atoms with van der Waals surface area (Å²) in [5, 5.41) is 12.6. The summed E-state index contributed by atoms with van der Waals surface area (Å²) in [5.74, 6) is 0.441. The summed E-state index contributed by atoms with van der Waals surface area (Å²) in [5.41, 5.74) is 1.62. The van der Waals surface area contributed by atoms with Crippen LogP contribution in [-0.4, -0.2) is 57.4 Å². The molecule has 0 spiro atoms. The molecule has 0 aliphatic heterocycles. The van der Waals surface area contributed by atoms with Crippen molar-refractivity contribution in [1.29, 1.82) is 0 Å². The zero-order valence-electron chi connectivity index (χ0n) is 20.4. The van der Waals surface area contributed by atoms with Crippen LogP contribution < -0.4 is 14.2 Å². The topological polar surface area (TPSA) is 126 Å². The molecule has 1 N–H and O–H groups in total. The van der Waals surface area contributed by atoms with Gasteiger partial charge in [0, 0.05) is 30.5 Å². The second kappa shape index (κ2) is 10.2. The number of sulfonamides is 1. The fraction of sp³-hybridized carbons (Fsp3) is 0.304. The molecular formula is C23H26ClN7O4S. The second-order valence-electron chi connectivity index (χ2n) is 8.12. The Morgan fingerprint density at radius 1 is 1.03 bits per heavy atom. The highest BCUT2D eigenvalue weighted by Crippen LogP contribution is 2.36. The molecule has 3 heterocycles. The van der Waals surface area contributed by atoms with Crippen LogP contribution >= 0.6 is 11.6 Å². The number of hydrogen-bond acceptors (Lipinski definition) is 8. The van der Waals surface area contributed by atoms with E-state index in [2.05, 4.69) is 25.0 Å². The SMILES string of the molecule is COc1ccnc(OC)c1-n1c(NS(=O)(=O)C(C)C(C)c2ccc(Cl)cc2)nnc1-c1ccn(C)n1. The molecule has 0 fully saturated rings. The van der Waals surface area contributed by atoms with Gasteiger partial charge in [0.2, 0.25) is 21.9 Å². The number of nitrogens with one attached hydrogen (secondary N) is 1. The van der Waals surface area contributed by atoms with E-state index in [0.717, 1.165) is 5.56 Å². The Bertz CT molecular complexity index is 1450. The van der Waals surface area contributed by atoms with Gasteiger partial charge in [0.25, 0.3) is 0 Å².